The van der Waals surface area contributed by atoms with E-state index in [1.54, 1.807) is 7.11 Å². The quantitative estimate of drug-likeness (QED) is 0.880. The number of hydrogen-bond donors (Lipinski definition) is 1. The lowest BCUT2D eigenvalue weighted by molar-refractivity contribution is 0.407. The second kappa shape index (κ2) is 5.28. The molecule has 1 aliphatic heterocycles. The van der Waals surface area contributed by atoms with Gasteiger partial charge in [0.15, 0.2) is 0 Å². The number of pyridine rings is 1. The normalized spacial score (nSPS) is 13.4. The summed E-state index contributed by atoms with van der Waals surface area (Å²) in [5.74, 6) is 0.941. The maximum atomic E-state index is 5.86. The van der Waals surface area contributed by atoms with E-state index in [4.69, 9.17) is 10.5 Å². The number of rotatable bonds is 3. The number of nitrogens with two attached hydrogens (primary N) is 1. The zero-order valence-electron chi connectivity index (χ0n) is 12.8. The molecule has 0 unspecified atom stereocenters. The Morgan fingerprint density at radius 1 is 1.33 bits per heavy atom. The first kappa shape index (κ1) is 13.7. The minimum atomic E-state index is 0.805. The first-order valence-electron chi connectivity index (χ1n) is 7.22. The smallest absolute Gasteiger partial charge is 0.128 e. The molecule has 0 radical (unpaired) electrons. The van der Waals surface area contributed by atoms with E-state index in [9.17, 15) is 0 Å². The van der Waals surface area contributed by atoms with Crippen molar-refractivity contribution in [1.82, 2.24) is 4.98 Å². The number of methoxy groups -OCH3 is 1. The Bertz CT molecular complexity index is 682. The van der Waals surface area contributed by atoms with Crippen LogP contribution in [-0.4, -0.2) is 18.6 Å². The number of ether oxygens (including phenoxy) is 1. The lowest BCUT2D eigenvalue weighted by Crippen LogP contribution is -2.21. The number of nitrogen functional groups attached to an aromatic ring is 1. The van der Waals surface area contributed by atoms with Crippen LogP contribution in [0.2, 0.25) is 0 Å². The second-order valence-electron chi connectivity index (χ2n) is 5.61. The Hall–Kier alpha value is -2.23. The van der Waals surface area contributed by atoms with Crippen LogP contribution >= 0.6 is 0 Å². The molecule has 0 bridgehead atoms. The van der Waals surface area contributed by atoms with Gasteiger partial charge in [-0.15, -0.1) is 0 Å². The van der Waals surface area contributed by atoms with Crippen LogP contribution < -0.4 is 15.4 Å². The van der Waals surface area contributed by atoms with Crippen molar-refractivity contribution in [2.45, 2.75) is 26.8 Å². The van der Waals surface area contributed by atoms with E-state index in [0.29, 0.717) is 0 Å². The van der Waals surface area contributed by atoms with Gasteiger partial charge in [0.2, 0.25) is 0 Å². The lowest BCUT2D eigenvalue weighted by Gasteiger charge is -2.21. The van der Waals surface area contributed by atoms with Crippen LogP contribution in [-0.2, 0) is 13.0 Å². The highest BCUT2D eigenvalue weighted by molar-refractivity contribution is 5.63. The number of anilines is 2. The Kier molecular flexibility index (Phi) is 3.45. The van der Waals surface area contributed by atoms with Crippen molar-refractivity contribution in [3.8, 4) is 5.75 Å². The zero-order valence-corrected chi connectivity index (χ0v) is 12.8. The number of fused-ring (bicyclic) bond motifs is 1. The van der Waals surface area contributed by atoms with Crippen LogP contribution in [0.3, 0.4) is 0 Å². The molecule has 1 aliphatic rings. The Balaban J connectivity index is 1.90. The van der Waals surface area contributed by atoms with Crippen molar-refractivity contribution in [2.75, 3.05) is 24.3 Å². The molecule has 0 fully saturated rings. The summed E-state index contributed by atoms with van der Waals surface area (Å²) >= 11 is 0. The van der Waals surface area contributed by atoms with Crippen molar-refractivity contribution < 1.29 is 4.74 Å². The fourth-order valence-electron chi connectivity index (χ4n) is 3.07. The van der Waals surface area contributed by atoms with Gasteiger partial charge in [0.25, 0.3) is 0 Å². The van der Waals surface area contributed by atoms with E-state index in [1.165, 1.54) is 11.3 Å². The van der Waals surface area contributed by atoms with Crippen LogP contribution in [0, 0.1) is 13.8 Å². The van der Waals surface area contributed by atoms with Crippen molar-refractivity contribution in [2.24, 2.45) is 0 Å². The topological polar surface area (TPSA) is 51.4 Å². The zero-order chi connectivity index (χ0) is 15.0. The highest BCUT2D eigenvalue weighted by Crippen LogP contribution is 2.32. The van der Waals surface area contributed by atoms with Gasteiger partial charge in [-0.05, 0) is 44.0 Å². The maximum Gasteiger partial charge on any atom is 0.128 e. The molecule has 0 spiro atoms. The monoisotopic (exact) mass is 283 g/mol. The van der Waals surface area contributed by atoms with Crippen molar-refractivity contribution in [3.63, 3.8) is 0 Å². The summed E-state index contributed by atoms with van der Waals surface area (Å²) in [7, 11) is 1.72. The maximum absolute atomic E-state index is 5.86. The van der Waals surface area contributed by atoms with Crippen LogP contribution in [0.4, 0.5) is 11.4 Å². The molecule has 0 atom stereocenters. The van der Waals surface area contributed by atoms with Gasteiger partial charge in [-0.2, -0.15) is 0 Å². The van der Waals surface area contributed by atoms with Gasteiger partial charge in [-0.3, -0.25) is 4.98 Å². The SMILES string of the molecule is COc1c(C)cnc(CN2CCc3cc(N)ccc32)c1C. The average Bonchev–Trinajstić information content (AvgIpc) is 2.85. The van der Waals surface area contributed by atoms with Gasteiger partial charge in [-0.25, -0.2) is 0 Å². The minimum absolute atomic E-state index is 0.805. The fourth-order valence-corrected chi connectivity index (χ4v) is 3.07. The molecular weight excluding hydrogens is 262 g/mol. The highest BCUT2D eigenvalue weighted by Gasteiger charge is 2.21. The summed E-state index contributed by atoms with van der Waals surface area (Å²) < 4.78 is 5.49. The Labute approximate surface area is 125 Å². The number of aromatic nitrogens is 1. The molecule has 2 N–H and O–H groups in total. The molecule has 1 aromatic heterocycles. The van der Waals surface area contributed by atoms with Gasteiger partial charge in [0, 0.05) is 35.2 Å². The molecule has 4 nitrogen and oxygen atoms in total. The Morgan fingerprint density at radius 2 is 2.14 bits per heavy atom. The molecule has 1 aromatic carbocycles. The minimum Gasteiger partial charge on any atom is -0.496 e. The predicted octanol–water partition coefficient (Wildman–Crippen LogP) is 2.85. The summed E-state index contributed by atoms with van der Waals surface area (Å²) in [5, 5.41) is 0. The molecule has 21 heavy (non-hydrogen) atoms. The van der Waals surface area contributed by atoms with E-state index in [2.05, 4.69) is 28.9 Å². The molecule has 0 amide bonds. The van der Waals surface area contributed by atoms with Gasteiger partial charge in [0.1, 0.15) is 5.75 Å². The first-order valence-corrected chi connectivity index (χ1v) is 7.22. The third kappa shape index (κ3) is 2.42. The number of nitrogens with zero attached hydrogens (tertiary/aromatic N) is 2. The third-order valence-corrected chi connectivity index (χ3v) is 4.19. The van der Waals surface area contributed by atoms with E-state index in [0.717, 1.165) is 47.8 Å². The summed E-state index contributed by atoms with van der Waals surface area (Å²) in [6.45, 7) is 5.92. The van der Waals surface area contributed by atoms with Crippen LogP contribution in [0.5, 0.6) is 5.75 Å². The van der Waals surface area contributed by atoms with E-state index in [-0.39, 0.29) is 0 Å². The largest absolute Gasteiger partial charge is 0.496 e. The number of aryl methyl sites for hydroxylation is 1. The van der Waals surface area contributed by atoms with Gasteiger partial charge < -0.3 is 15.4 Å². The van der Waals surface area contributed by atoms with E-state index in [1.807, 2.05) is 19.2 Å². The number of hydrogen-bond acceptors (Lipinski definition) is 4. The second-order valence-corrected chi connectivity index (χ2v) is 5.61. The van der Waals surface area contributed by atoms with Crippen LogP contribution in [0.15, 0.2) is 24.4 Å². The molecule has 110 valence electrons. The van der Waals surface area contributed by atoms with Crippen LogP contribution in [0.1, 0.15) is 22.4 Å². The molecule has 4 heteroatoms. The van der Waals surface area contributed by atoms with Crippen molar-refractivity contribution in [3.05, 3.63) is 46.8 Å². The number of benzene rings is 1. The summed E-state index contributed by atoms with van der Waals surface area (Å²) in [5.41, 5.74) is 12.6. The lowest BCUT2D eigenvalue weighted by atomic mass is 10.1. The standard InChI is InChI=1S/C17H21N3O/c1-11-9-19-15(12(2)17(11)21-3)10-20-7-6-13-8-14(18)4-5-16(13)20/h4-5,8-9H,6-7,10,18H2,1-3H3. The molecule has 2 heterocycles. The van der Waals surface area contributed by atoms with Crippen molar-refractivity contribution >= 4 is 11.4 Å². The summed E-state index contributed by atoms with van der Waals surface area (Å²) in [6.07, 6.45) is 2.93. The fraction of sp³-hybridized carbons (Fsp3) is 0.353. The molecule has 3 rings (SSSR count). The first-order chi connectivity index (χ1) is 10.1. The Morgan fingerprint density at radius 3 is 2.90 bits per heavy atom. The molecule has 0 saturated heterocycles. The summed E-state index contributed by atoms with van der Waals surface area (Å²) in [4.78, 5) is 6.95. The van der Waals surface area contributed by atoms with Gasteiger partial charge in [0.05, 0.1) is 19.3 Å². The molecule has 0 aliphatic carbocycles. The average molecular weight is 283 g/mol. The van der Waals surface area contributed by atoms with Crippen LogP contribution in [0.25, 0.3) is 0 Å². The summed E-state index contributed by atoms with van der Waals surface area (Å²) in [6, 6.07) is 6.15. The molecule has 0 saturated carbocycles. The van der Waals surface area contributed by atoms with Gasteiger partial charge >= 0.3 is 0 Å². The van der Waals surface area contributed by atoms with Gasteiger partial charge in [-0.1, -0.05) is 0 Å². The molecule has 2 aromatic rings. The third-order valence-electron chi connectivity index (χ3n) is 4.19. The van der Waals surface area contributed by atoms with E-state index < -0.39 is 0 Å². The van der Waals surface area contributed by atoms with Crippen molar-refractivity contribution in [1.29, 1.82) is 0 Å². The molecular formula is C17H21N3O. The van der Waals surface area contributed by atoms with E-state index >= 15 is 0 Å². The highest BCUT2D eigenvalue weighted by atomic mass is 16.5. The predicted molar refractivity (Wildman–Crippen MR) is 85.9 cm³/mol.